The summed E-state index contributed by atoms with van der Waals surface area (Å²) in [7, 11) is 0. The second-order valence-corrected chi connectivity index (χ2v) is 4.30. The van der Waals surface area contributed by atoms with Crippen molar-refractivity contribution in [2.45, 2.75) is 33.6 Å². The molecule has 88 valence electrons. The van der Waals surface area contributed by atoms with Gasteiger partial charge in [0.1, 0.15) is 0 Å². The molecule has 1 aromatic carbocycles. The van der Waals surface area contributed by atoms with Crippen molar-refractivity contribution < 1.29 is 0 Å². The number of allylic oxidation sites excluding steroid dienone is 1. The van der Waals surface area contributed by atoms with Crippen LogP contribution in [0.3, 0.4) is 0 Å². The molecule has 1 heteroatoms. The molecule has 0 spiro atoms. The normalized spacial score (nSPS) is 11.8. The zero-order valence-electron chi connectivity index (χ0n) is 10.7. The van der Waals surface area contributed by atoms with Crippen LogP contribution in [0.15, 0.2) is 30.3 Å². The predicted octanol–water partition coefficient (Wildman–Crippen LogP) is 3.79. The van der Waals surface area contributed by atoms with Gasteiger partial charge in [-0.15, -0.1) is 0 Å². The minimum atomic E-state index is 1.08. The highest BCUT2D eigenvalue weighted by molar-refractivity contribution is 5.64. The van der Waals surface area contributed by atoms with Crippen molar-refractivity contribution in [2.24, 2.45) is 0 Å². The van der Waals surface area contributed by atoms with Crippen LogP contribution in [0.1, 0.15) is 37.8 Å². The Labute approximate surface area is 99.6 Å². The highest BCUT2D eigenvalue weighted by Gasteiger charge is 1.94. The van der Waals surface area contributed by atoms with Crippen LogP contribution in [0, 0.1) is 6.92 Å². The lowest BCUT2D eigenvalue weighted by molar-refractivity contribution is 0.678. The molecule has 0 atom stereocenters. The van der Waals surface area contributed by atoms with E-state index in [0.29, 0.717) is 0 Å². The highest BCUT2D eigenvalue weighted by Crippen LogP contribution is 2.15. The molecule has 1 nitrogen and oxygen atoms in total. The van der Waals surface area contributed by atoms with E-state index in [1.807, 2.05) is 0 Å². The SMILES string of the molecule is CCCNCCC=C(C)c1cccc(C)c1. The Balaban J connectivity index is 2.44. The summed E-state index contributed by atoms with van der Waals surface area (Å²) in [5.41, 5.74) is 4.05. The molecule has 0 bridgehead atoms. The molecule has 0 radical (unpaired) electrons. The van der Waals surface area contributed by atoms with Crippen LogP contribution >= 0.6 is 0 Å². The molecule has 1 N–H and O–H groups in total. The van der Waals surface area contributed by atoms with Crippen LogP contribution in [0.25, 0.3) is 5.57 Å². The average Bonchev–Trinajstić information content (AvgIpc) is 2.28. The molecule has 1 rings (SSSR count). The Morgan fingerprint density at radius 2 is 2.12 bits per heavy atom. The van der Waals surface area contributed by atoms with Crippen LogP contribution in [-0.2, 0) is 0 Å². The van der Waals surface area contributed by atoms with E-state index >= 15 is 0 Å². The first-order valence-corrected chi connectivity index (χ1v) is 6.18. The fourth-order valence-electron chi connectivity index (χ4n) is 1.70. The molecule has 0 saturated carbocycles. The lowest BCUT2D eigenvalue weighted by Gasteiger charge is -2.04. The first-order valence-electron chi connectivity index (χ1n) is 6.18. The molecular formula is C15H23N. The van der Waals surface area contributed by atoms with Gasteiger partial charge in [0.2, 0.25) is 0 Å². The van der Waals surface area contributed by atoms with Gasteiger partial charge in [-0.25, -0.2) is 0 Å². The Kier molecular flexibility index (Phi) is 5.87. The van der Waals surface area contributed by atoms with Crippen molar-refractivity contribution in [2.75, 3.05) is 13.1 Å². The van der Waals surface area contributed by atoms with Crippen LogP contribution < -0.4 is 5.32 Å². The van der Waals surface area contributed by atoms with Gasteiger partial charge < -0.3 is 5.32 Å². The van der Waals surface area contributed by atoms with Gasteiger partial charge in [0, 0.05) is 0 Å². The first kappa shape index (κ1) is 13.0. The van der Waals surface area contributed by atoms with Gasteiger partial charge in [0.15, 0.2) is 0 Å². The molecule has 0 amide bonds. The lowest BCUT2D eigenvalue weighted by atomic mass is 10.0. The smallest absolute Gasteiger partial charge is 0.00141 e. The topological polar surface area (TPSA) is 12.0 Å². The third-order valence-corrected chi connectivity index (χ3v) is 2.67. The molecule has 0 fully saturated rings. The third kappa shape index (κ3) is 4.63. The van der Waals surface area contributed by atoms with Crippen LogP contribution in [0.5, 0.6) is 0 Å². The Hall–Kier alpha value is -1.08. The van der Waals surface area contributed by atoms with E-state index in [0.717, 1.165) is 19.5 Å². The molecule has 0 aliphatic heterocycles. The van der Waals surface area contributed by atoms with Crippen molar-refractivity contribution >= 4 is 5.57 Å². The van der Waals surface area contributed by atoms with E-state index in [4.69, 9.17) is 0 Å². The number of aryl methyl sites for hydroxylation is 1. The number of rotatable bonds is 6. The highest BCUT2D eigenvalue weighted by atomic mass is 14.8. The molecule has 0 saturated heterocycles. The fraction of sp³-hybridized carbons (Fsp3) is 0.467. The van der Waals surface area contributed by atoms with E-state index in [-0.39, 0.29) is 0 Å². The summed E-state index contributed by atoms with van der Waals surface area (Å²) in [6, 6.07) is 8.68. The maximum Gasteiger partial charge on any atom is -0.00141 e. The summed E-state index contributed by atoms with van der Waals surface area (Å²) in [6.07, 6.45) is 4.64. The van der Waals surface area contributed by atoms with E-state index < -0.39 is 0 Å². The van der Waals surface area contributed by atoms with Crippen molar-refractivity contribution in [3.63, 3.8) is 0 Å². The second-order valence-electron chi connectivity index (χ2n) is 4.30. The Morgan fingerprint density at radius 3 is 2.81 bits per heavy atom. The van der Waals surface area contributed by atoms with E-state index in [2.05, 4.69) is 56.4 Å². The van der Waals surface area contributed by atoms with E-state index in [1.165, 1.54) is 23.1 Å². The lowest BCUT2D eigenvalue weighted by Crippen LogP contribution is -2.15. The predicted molar refractivity (Wildman–Crippen MR) is 72.6 cm³/mol. The minimum Gasteiger partial charge on any atom is -0.316 e. The summed E-state index contributed by atoms with van der Waals surface area (Å²) in [5, 5.41) is 3.41. The van der Waals surface area contributed by atoms with Gasteiger partial charge in [0.25, 0.3) is 0 Å². The maximum absolute atomic E-state index is 3.41. The summed E-state index contributed by atoms with van der Waals surface area (Å²) in [5.74, 6) is 0. The quantitative estimate of drug-likeness (QED) is 0.715. The van der Waals surface area contributed by atoms with E-state index in [1.54, 1.807) is 0 Å². The molecule has 0 aliphatic rings. The number of hydrogen-bond acceptors (Lipinski definition) is 1. The average molecular weight is 217 g/mol. The van der Waals surface area contributed by atoms with Gasteiger partial charge >= 0.3 is 0 Å². The van der Waals surface area contributed by atoms with Crippen LogP contribution in [0.2, 0.25) is 0 Å². The number of hydrogen-bond donors (Lipinski definition) is 1. The molecular weight excluding hydrogens is 194 g/mol. The van der Waals surface area contributed by atoms with Gasteiger partial charge in [-0.1, -0.05) is 42.8 Å². The van der Waals surface area contributed by atoms with Crippen LogP contribution in [0.4, 0.5) is 0 Å². The molecule has 0 aromatic heterocycles. The molecule has 0 aliphatic carbocycles. The van der Waals surface area contributed by atoms with Gasteiger partial charge in [-0.3, -0.25) is 0 Å². The summed E-state index contributed by atoms with van der Waals surface area (Å²) < 4.78 is 0. The van der Waals surface area contributed by atoms with Crippen molar-refractivity contribution in [1.82, 2.24) is 5.32 Å². The number of benzene rings is 1. The Morgan fingerprint density at radius 1 is 1.31 bits per heavy atom. The summed E-state index contributed by atoms with van der Waals surface area (Å²) in [6.45, 7) is 8.73. The van der Waals surface area contributed by atoms with E-state index in [9.17, 15) is 0 Å². The standard InChI is InChI=1S/C15H23N/c1-4-10-16-11-6-8-14(3)15-9-5-7-13(2)12-15/h5,7-9,12,16H,4,6,10-11H2,1-3H3. The minimum absolute atomic E-state index is 1.08. The largest absolute Gasteiger partial charge is 0.316 e. The van der Waals surface area contributed by atoms with Gasteiger partial charge in [-0.2, -0.15) is 0 Å². The van der Waals surface area contributed by atoms with Crippen molar-refractivity contribution in [3.05, 3.63) is 41.5 Å². The van der Waals surface area contributed by atoms with Gasteiger partial charge in [-0.05, 0) is 50.9 Å². The zero-order valence-corrected chi connectivity index (χ0v) is 10.7. The first-order chi connectivity index (χ1) is 7.74. The summed E-state index contributed by atoms with van der Waals surface area (Å²) in [4.78, 5) is 0. The fourth-order valence-corrected chi connectivity index (χ4v) is 1.70. The third-order valence-electron chi connectivity index (χ3n) is 2.67. The van der Waals surface area contributed by atoms with Crippen LogP contribution in [-0.4, -0.2) is 13.1 Å². The number of nitrogens with one attached hydrogen (secondary N) is 1. The van der Waals surface area contributed by atoms with Crippen molar-refractivity contribution in [1.29, 1.82) is 0 Å². The summed E-state index contributed by atoms with van der Waals surface area (Å²) >= 11 is 0. The molecule has 0 unspecified atom stereocenters. The molecule has 16 heavy (non-hydrogen) atoms. The monoisotopic (exact) mass is 217 g/mol. The van der Waals surface area contributed by atoms with Gasteiger partial charge in [0.05, 0.1) is 0 Å². The maximum atomic E-state index is 3.41. The zero-order chi connectivity index (χ0) is 11.8. The second kappa shape index (κ2) is 7.24. The molecule has 0 heterocycles. The van der Waals surface area contributed by atoms with Crippen molar-refractivity contribution in [3.8, 4) is 0 Å². The Bertz CT molecular complexity index is 339. The molecule has 1 aromatic rings.